The molecule has 0 bridgehead atoms. The van der Waals surface area contributed by atoms with Crippen LogP contribution in [-0.2, 0) is 21.3 Å². The molecule has 2 heterocycles. The van der Waals surface area contributed by atoms with Gasteiger partial charge in [0.05, 0.1) is 11.4 Å². The van der Waals surface area contributed by atoms with Crippen molar-refractivity contribution in [3.8, 4) is 17.1 Å². The Morgan fingerprint density at radius 1 is 1.22 bits per heavy atom. The van der Waals surface area contributed by atoms with Crippen LogP contribution in [0.1, 0.15) is 5.76 Å². The standard InChI is InChI=1S/C15H11ClN2O8S/c16-8-2-6-1-7(15(21)26-10(6)3-9(8)19)11-4-13(27(22,23)24)12(25-11)5-14(20)18-17/h1-4,19H,5,17H2,(H,18,20)(H,22,23,24). The first-order valence-corrected chi connectivity index (χ1v) is 8.98. The van der Waals surface area contributed by atoms with Crippen LogP contribution < -0.4 is 16.9 Å². The number of phenols is 1. The number of hydrazine groups is 1. The number of benzene rings is 1. The van der Waals surface area contributed by atoms with Crippen LogP contribution in [0.4, 0.5) is 0 Å². The molecule has 3 rings (SSSR count). The topological polar surface area (TPSA) is 173 Å². The largest absolute Gasteiger partial charge is 0.506 e. The van der Waals surface area contributed by atoms with Crippen LogP contribution in [0.3, 0.4) is 0 Å². The molecule has 0 atom stereocenters. The molecule has 0 aliphatic carbocycles. The van der Waals surface area contributed by atoms with E-state index in [0.717, 1.165) is 12.1 Å². The number of furan rings is 1. The van der Waals surface area contributed by atoms with E-state index < -0.39 is 38.7 Å². The van der Waals surface area contributed by atoms with Gasteiger partial charge < -0.3 is 13.9 Å². The molecule has 0 spiro atoms. The molecule has 0 fully saturated rings. The Hall–Kier alpha value is -2.86. The lowest BCUT2D eigenvalue weighted by Gasteiger charge is -2.02. The van der Waals surface area contributed by atoms with Crippen LogP contribution in [0.15, 0.2) is 42.8 Å². The van der Waals surface area contributed by atoms with Crippen molar-refractivity contribution in [3.05, 3.63) is 45.5 Å². The van der Waals surface area contributed by atoms with Crippen molar-refractivity contribution in [2.24, 2.45) is 5.84 Å². The quantitative estimate of drug-likeness (QED) is 0.161. The van der Waals surface area contributed by atoms with Gasteiger partial charge in [0, 0.05) is 17.5 Å². The van der Waals surface area contributed by atoms with Gasteiger partial charge in [0.25, 0.3) is 10.1 Å². The molecule has 0 unspecified atom stereocenters. The van der Waals surface area contributed by atoms with Gasteiger partial charge in [-0.3, -0.25) is 14.8 Å². The molecule has 0 radical (unpaired) electrons. The van der Waals surface area contributed by atoms with Crippen LogP contribution in [0.2, 0.25) is 5.02 Å². The Bertz CT molecular complexity index is 1230. The summed E-state index contributed by atoms with van der Waals surface area (Å²) in [7, 11) is -4.74. The first kappa shape index (κ1) is 18.9. The molecule has 5 N–H and O–H groups in total. The molecule has 2 aromatic heterocycles. The highest BCUT2D eigenvalue weighted by atomic mass is 35.5. The van der Waals surface area contributed by atoms with Gasteiger partial charge in [-0.05, 0) is 12.1 Å². The Morgan fingerprint density at radius 3 is 2.56 bits per heavy atom. The Labute approximate surface area is 155 Å². The smallest absolute Gasteiger partial charge is 0.347 e. The van der Waals surface area contributed by atoms with Gasteiger partial charge in [-0.15, -0.1) is 0 Å². The molecule has 0 saturated heterocycles. The summed E-state index contributed by atoms with van der Waals surface area (Å²) in [6.45, 7) is 0. The second-order valence-electron chi connectivity index (χ2n) is 5.41. The predicted molar refractivity (Wildman–Crippen MR) is 92.7 cm³/mol. The number of hydrogen-bond acceptors (Lipinski definition) is 8. The lowest BCUT2D eigenvalue weighted by Crippen LogP contribution is -2.31. The highest BCUT2D eigenvalue weighted by Crippen LogP contribution is 2.32. The molecule has 0 saturated carbocycles. The Kier molecular flexibility index (Phi) is 4.70. The fraction of sp³-hybridized carbons (Fsp3) is 0.0667. The average Bonchev–Trinajstić information content (AvgIpc) is 2.99. The number of aromatic hydroxyl groups is 1. The van der Waals surface area contributed by atoms with E-state index >= 15 is 0 Å². The summed E-state index contributed by atoms with van der Waals surface area (Å²) >= 11 is 5.83. The number of fused-ring (bicyclic) bond motifs is 1. The van der Waals surface area contributed by atoms with Crippen molar-refractivity contribution in [1.82, 2.24) is 5.43 Å². The number of halogens is 1. The van der Waals surface area contributed by atoms with Crippen molar-refractivity contribution >= 4 is 38.6 Å². The van der Waals surface area contributed by atoms with Crippen molar-refractivity contribution < 1.29 is 31.7 Å². The minimum atomic E-state index is -4.74. The SMILES string of the molecule is NNC(=O)Cc1oc(-c2cc3cc(Cl)c(O)cc3oc2=O)cc1S(=O)(=O)O. The molecular weight excluding hydrogens is 404 g/mol. The number of carbonyl (C=O) groups excluding carboxylic acids is 1. The monoisotopic (exact) mass is 414 g/mol. The third-order valence-corrected chi connectivity index (χ3v) is 4.80. The summed E-state index contributed by atoms with van der Waals surface area (Å²) in [6, 6.07) is 4.65. The fourth-order valence-electron chi connectivity index (χ4n) is 2.38. The first-order chi connectivity index (χ1) is 12.6. The third kappa shape index (κ3) is 3.66. The minimum absolute atomic E-state index is 0.000625. The van der Waals surface area contributed by atoms with E-state index in [4.69, 9.17) is 26.3 Å². The van der Waals surface area contributed by atoms with E-state index in [9.17, 15) is 27.7 Å². The van der Waals surface area contributed by atoms with Crippen LogP contribution in [-0.4, -0.2) is 24.0 Å². The summed E-state index contributed by atoms with van der Waals surface area (Å²) < 4.78 is 42.8. The van der Waals surface area contributed by atoms with Crippen LogP contribution in [0.5, 0.6) is 5.75 Å². The summed E-state index contributed by atoms with van der Waals surface area (Å²) in [5.74, 6) is 3.21. The summed E-state index contributed by atoms with van der Waals surface area (Å²) in [6.07, 6.45) is -0.593. The first-order valence-electron chi connectivity index (χ1n) is 7.16. The predicted octanol–water partition coefficient (Wildman–Crippen LogP) is 1.19. The van der Waals surface area contributed by atoms with Crippen LogP contribution in [0, 0.1) is 0 Å². The Morgan fingerprint density at radius 2 is 1.93 bits per heavy atom. The highest BCUT2D eigenvalue weighted by molar-refractivity contribution is 7.85. The molecule has 0 aliphatic rings. The van der Waals surface area contributed by atoms with Gasteiger partial charge in [0.2, 0.25) is 5.91 Å². The number of rotatable bonds is 4. The van der Waals surface area contributed by atoms with Crippen molar-refractivity contribution in [2.75, 3.05) is 0 Å². The molecule has 1 aromatic carbocycles. The minimum Gasteiger partial charge on any atom is -0.506 e. The average molecular weight is 415 g/mol. The number of nitrogens with one attached hydrogen (secondary N) is 1. The molecule has 3 aromatic rings. The zero-order chi connectivity index (χ0) is 19.9. The van der Waals surface area contributed by atoms with E-state index in [1.165, 1.54) is 12.1 Å². The Balaban J connectivity index is 2.21. The van der Waals surface area contributed by atoms with Gasteiger partial charge in [0.15, 0.2) is 0 Å². The maximum Gasteiger partial charge on any atom is 0.347 e. The number of nitrogens with two attached hydrogens (primary N) is 1. The summed E-state index contributed by atoms with van der Waals surface area (Å²) in [4.78, 5) is 23.0. The van der Waals surface area contributed by atoms with E-state index in [-0.39, 0.29) is 27.7 Å². The third-order valence-electron chi connectivity index (χ3n) is 3.60. The van der Waals surface area contributed by atoms with Gasteiger partial charge in [-0.1, -0.05) is 11.6 Å². The lowest BCUT2D eigenvalue weighted by atomic mass is 10.1. The van der Waals surface area contributed by atoms with Gasteiger partial charge in [-0.25, -0.2) is 10.6 Å². The molecule has 142 valence electrons. The maximum atomic E-state index is 12.2. The molecule has 12 heteroatoms. The van der Waals surface area contributed by atoms with Gasteiger partial charge in [-0.2, -0.15) is 8.42 Å². The summed E-state index contributed by atoms with van der Waals surface area (Å²) in [5.41, 5.74) is 0.737. The number of hydrogen-bond donors (Lipinski definition) is 4. The number of amides is 1. The zero-order valence-electron chi connectivity index (χ0n) is 13.2. The number of phenolic OH excluding ortho intramolecular Hbond substituents is 1. The van der Waals surface area contributed by atoms with E-state index in [0.29, 0.717) is 5.39 Å². The van der Waals surface area contributed by atoms with Crippen molar-refractivity contribution in [1.29, 1.82) is 0 Å². The molecule has 0 aliphatic heterocycles. The van der Waals surface area contributed by atoms with Crippen molar-refractivity contribution in [2.45, 2.75) is 11.3 Å². The normalized spacial score (nSPS) is 11.7. The molecule has 1 amide bonds. The second kappa shape index (κ2) is 6.70. The molecule has 10 nitrogen and oxygen atoms in total. The highest BCUT2D eigenvalue weighted by Gasteiger charge is 2.25. The molecular formula is C15H11ClN2O8S. The lowest BCUT2D eigenvalue weighted by molar-refractivity contribution is -0.120. The fourth-order valence-corrected chi connectivity index (χ4v) is 3.21. The maximum absolute atomic E-state index is 12.2. The summed E-state index contributed by atoms with van der Waals surface area (Å²) in [5, 5.41) is 9.89. The zero-order valence-corrected chi connectivity index (χ0v) is 14.8. The van der Waals surface area contributed by atoms with Gasteiger partial charge in [0.1, 0.15) is 33.3 Å². The van der Waals surface area contributed by atoms with E-state index in [1.54, 1.807) is 5.43 Å². The van der Waals surface area contributed by atoms with E-state index in [2.05, 4.69) is 0 Å². The van der Waals surface area contributed by atoms with Crippen LogP contribution >= 0.6 is 11.6 Å². The molecule has 27 heavy (non-hydrogen) atoms. The van der Waals surface area contributed by atoms with E-state index in [1.807, 2.05) is 0 Å². The van der Waals surface area contributed by atoms with Crippen LogP contribution in [0.25, 0.3) is 22.3 Å². The second-order valence-corrected chi connectivity index (χ2v) is 7.20. The van der Waals surface area contributed by atoms with Gasteiger partial charge >= 0.3 is 5.63 Å². The number of carbonyl (C=O) groups is 1. The van der Waals surface area contributed by atoms with Crippen molar-refractivity contribution in [3.63, 3.8) is 0 Å².